The quantitative estimate of drug-likeness (QED) is 0.870. The summed E-state index contributed by atoms with van der Waals surface area (Å²) in [5.41, 5.74) is 0.675. The highest BCUT2D eigenvalue weighted by atomic mass is 16.5. The number of ether oxygens (including phenoxy) is 1. The summed E-state index contributed by atoms with van der Waals surface area (Å²) in [7, 11) is 0. The molecule has 0 aromatic heterocycles. The van der Waals surface area contributed by atoms with E-state index >= 15 is 0 Å². The first-order valence-electron chi connectivity index (χ1n) is 8.56. The van der Waals surface area contributed by atoms with E-state index in [0.29, 0.717) is 19.8 Å². The van der Waals surface area contributed by atoms with Gasteiger partial charge in [-0.05, 0) is 32.3 Å². The Hall–Kier alpha value is -1.88. The van der Waals surface area contributed by atoms with Gasteiger partial charge in [-0.3, -0.25) is 9.59 Å². The summed E-state index contributed by atoms with van der Waals surface area (Å²) in [6, 6.07) is 9.97. The zero-order valence-electron chi connectivity index (χ0n) is 14.9. The topological polar surface area (TPSA) is 58.6 Å². The maximum atomic E-state index is 12.5. The van der Waals surface area contributed by atoms with Gasteiger partial charge in [-0.25, -0.2) is 0 Å². The lowest BCUT2D eigenvalue weighted by atomic mass is 9.95. The van der Waals surface area contributed by atoms with Crippen LogP contribution in [0.25, 0.3) is 0 Å². The standard InChI is InChI=1S/C19H28N2O3/c1-15(22)21-11-7-10-17(12-21)18(23)20-19(2,3)14-24-13-16-8-5-4-6-9-16/h4-6,8-9,17H,7,10-14H2,1-3H3,(H,20,23). The molecule has 1 unspecified atom stereocenters. The average molecular weight is 332 g/mol. The number of hydrogen-bond acceptors (Lipinski definition) is 3. The second kappa shape index (κ2) is 8.29. The number of piperidine rings is 1. The van der Waals surface area contributed by atoms with Crippen LogP contribution in [0.15, 0.2) is 30.3 Å². The molecule has 1 aliphatic heterocycles. The smallest absolute Gasteiger partial charge is 0.225 e. The molecule has 1 aromatic carbocycles. The fourth-order valence-corrected chi connectivity index (χ4v) is 2.95. The van der Waals surface area contributed by atoms with E-state index in [0.717, 1.165) is 24.9 Å². The molecule has 1 fully saturated rings. The first-order chi connectivity index (χ1) is 11.4. The van der Waals surface area contributed by atoms with E-state index in [4.69, 9.17) is 4.74 Å². The molecule has 2 amide bonds. The van der Waals surface area contributed by atoms with Crippen molar-refractivity contribution in [2.24, 2.45) is 5.92 Å². The minimum atomic E-state index is -0.440. The van der Waals surface area contributed by atoms with Gasteiger partial charge >= 0.3 is 0 Å². The van der Waals surface area contributed by atoms with Crippen molar-refractivity contribution in [2.45, 2.75) is 45.8 Å². The molecule has 5 heteroatoms. The lowest BCUT2D eigenvalue weighted by Crippen LogP contribution is -2.52. The number of carbonyl (C=O) groups is 2. The molecule has 1 atom stereocenters. The Kier molecular flexibility index (Phi) is 6.37. The van der Waals surface area contributed by atoms with Crippen molar-refractivity contribution in [1.82, 2.24) is 10.2 Å². The fraction of sp³-hybridized carbons (Fsp3) is 0.579. The van der Waals surface area contributed by atoms with Gasteiger partial charge in [0.25, 0.3) is 0 Å². The molecule has 2 rings (SSSR count). The van der Waals surface area contributed by atoms with E-state index in [1.54, 1.807) is 11.8 Å². The number of rotatable bonds is 6. The van der Waals surface area contributed by atoms with E-state index in [1.165, 1.54) is 0 Å². The van der Waals surface area contributed by atoms with Gasteiger partial charge < -0.3 is 15.0 Å². The Balaban J connectivity index is 1.79. The van der Waals surface area contributed by atoms with Gasteiger partial charge in [0, 0.05) is 20.0 Å². The number of benzene rings is 1. The third-order valence-electron chi connectivity index (χ3n) is 4.27. The third-order valence-corrected chi connectivity index (χ3v) is 4.27. The van der Waals surface area contributed by atoms with Crippen LogP contribution in [-0.4, -0.2) is 41.9 Å². The number of carbonyl (C=O) groups excluding carboxylic acids is 2. The minimum Gasteiger partial charge on any atom is -0.374 e. The van der Waals surface area contributed by atoms with Gasteiger partial charge in [-0.2, -0.15) is 0 Å². The summed E-state index contributed by atoms with van der Waals surface area (Å²) >= 11 is 0. The van der Waals surface area contributed by atoms with Crippen molar-refractivity contribution < 1.29 is 14.3 Å². The van der Waals surface area contributed by atoms with Crippen molar-refractivity contribution in [3.63, 3.8) is 0 Å². The largest absolute Gasteiger partial charge is 0.374 e. The number of likely N-dealkylation sites (tertiary alicyclic amines) is 1. The average Bonchev–Trinajstić information content (AvgIpc) is 2.55. The highest BCUT2D eigenvalue weighted by molar-refractivity contribution is 5.81. The summed E-state index contributed by atoms with van der Waals surface area (Å²) in [6.45, 7) is 7.72. The number of nitrogens with zero attached hydrogens (tertiary/aromatic N) is 1. The molecular formula is C19H28N2O3. The molecule has 132 valence electrons. The SMILES string of the molecule is CC(=O)N1CCCC(C(=O)NC(C)(C)COCc2ccccc2)C1. The zero-order valence-corrected chi connectivity index (χ0v) is 14.9. The fourth-order valence-electron chi connectivity index (χ4n) is 2.95. The molecule has 0 spiro atoms. The Morgan fingerprint density at radius 2 is 2.00 bits per heavy atom. The molecule has 0 saturated carbocycles. The summed E-state index contributed by atoms with van der Waals surface area (Å²) in [5, 5.41) is 3.07. The molecule has 24 heavy (non-hydrogen) atoms. The Morgan fingerprint density at radius 1 is 1.29 bits per heavy atom. The van der Waals surface area contributed by atoms with E-state index < -0.39 is 5.54 Å². The van der Waals surface area contributed by atoms with Crippen LogP contribution >= 0.6 is 0 Å². The van der Waals surface area contributed by atoms with E-state index in [9.17, 15) is 9.59 Å². The van der Waals surface area contributed by atoms with Crippen LogP contribution in [0, 0.1) is 5.92 Å². The van der Waals surface area contributed by atoms with Crippen LogP contribution in [-0.2, 0) is 20.9 Å². The first-order valence-corrected chi connectivity index (χ1v) is 8.56. The summed E-state index contributed by atoms with van der Waals surface area (Å²) in [4.78, 5) is 25.8. The van der Waals surface area contributed by atoms with Crippen LogP contribution in [0.5, 0.6) is 0 Å². The number of amides is 2. The molecule has 1 aromatic rings. The lowest BCUT2D eigenvalue weighted by Gasteiger charge is -2.34. The molecule has 1 aliphatic rings. The van der Waals surface area contributed by atoms with Gasteiger partial charge in [0.15, 0.2) is 0 Å². The third kappa shape index (κ3) is 5.64. The maximum Gasteiger partial charge on any atom is 0.225 e. The molecule has 0 bridgehead atoms. The van der Waals surface area contributed by atoms with Crippen molar-refractivity contribution >= 4 is 11.8 Å². The number of hydrogen-bond donors (Lipinski definition) is 1. The van der Waals surface area contributed by atoms with Crippen LogP contribution in [0.3, 0.4) is 0 Å². The second-order valence-electron chi connectivity index (χ2n) is 7.16. The minimum absolute atomic E-state index is 0.00858. The Labute approximate surface area is 144 Å². The maximum absolute atomic E-state index is 12.5. The molecule has 1 N–H and O–H groups in total. The Morgan fingerprint density at radius 3 is 2.67 bits per heavy atom. The highest BCUT2D eigenvalue weighted by Gasteiger charge is 2.30. The van der Waals surface area contributed by atoms with Crippen LogP contribution in [0.4, 0.5) is 0 Å². The van der Waals surface area contributed by atoms with E-state index in [2.05, 4.69) is 5.32 Å². The van der Waals surface area contributed by atoms with Crippen molar-refractivity contribution in [3.8, 4) is 0 Å². The predicted octanol–water partition coefficient (Wildman–Crippen LogP) is 2.36. The molecule has 0 aliphatic carbocycles. The summed E-state index contributed by atoms with van der Waals surface area (Å²) in [6.07, 6.45) is 1.71. The van der Waals surface area contributed by atoms with Gasteiger partial charge in [0.2, 0.25) is 11.8 Å². The zero-order chi connectivity index (χ0) is 17.6. The number of nitrogens with one attached hydrogen (secondary N) is 1. The van der Waals surface area contributed by atoms with Gasteiger partial charge in [-0.15, -0.1) is 0 Å². The van der Waals surface area contributed by atoms with Gasteiger partial charge in [-0.1, -0.05) is 30.3 Å². The molecule has 0 radical (unpaired) electrons. The summed E-state index contributed by atoms with van der Waals surface area (Å²) < 4.78 is 5.75. The predicted molar refractivity (Wildman–Crippen MR) is 93.3 cm³/mol. The molecule has 1 saturated heterocycles. The monoisotopic (exact) mass is 332 g/mol. The Bertz CT molecular complexity index is 557. The van der Waals surface area contributed by atoms with Crippen molar-refractivity contribution in [1.29, 1.82) is 0 Å². The van der Waals surface area contributed by atoms with Crippen molar-refractivity contribution in [3.05, 3.63) is 35.9 Å². The van der Waals surface area contributed by atoms with Crippen LogP contribution in [0.1, 0.15) is 39.2 Å². The molecule has 1 heterocycles. The second-order valence-corrected chi connectivity index (χ2v) is 7.16. The van der Waals surface area contributed by atoms with Crippen LogP contribution < -0.4 is 5.32 Å². The van der Waals surface area contributed by atoms with Crippen molar-refractivity contribution in [2.75, 3.05) is 19.7 Å². The normalized spacial score (nSPS) is 18.3. The first kappa shape index (κ1) is 18.5. The van der Waals surface area contributed by atoms with Gasteiger partial charge in [0.1, 0.15) is 0 Å². The van der Waals surface area contributed by atoms with E-state index in [-0.39, 0.29) is 17.7 Å². The summed E-state index contributed by atoms with van der Waals surface area (Å²) in [5.74, 6) is -0.0803. The van der Waals surface area contributed by atoms with Crippen LogP contribution in [0.2, 0.25) is 0 Å². The highest BCUT2D eigenvalue weighted by Crippen LogP contribution is 2.18. The molecular weight excluding hydrogens is 304 g/mol. The van der Waals surface area contributed by atoms with E-state index in [1.807, 2.05) is 44.2 Å². The lowest BCUT2D eigenvalue weighted by molar-refractivity contribution is -0.134. The molecule has 5 nitrogen and oxygen atoms in total. The van der Waals surface area contributed by atoms with Gasteiger partial charge in [0.05, 0.1) is 24.7 Å².